The highest BCUT2D eigenvalue weighted by atomic mass is 16.1. The number of nitrogens with one attached hydrogen (secondary N) is 3. The second kappa shape index (κ2) is 8.06. The fourth-order valence-corrected chi connectivity index (χ4v) is 2.45. The van der Waals surface area contributed by atoms with Gasteiger partial charge in [-0.3, -0.25) is 4.79 Å². The minimum absolute atomic E-state index is 0.0644. The molecule has 3 N–H and O–H groups in total. The van der Waals surface area contributed by atoms with Gasteiger partial charge in [0.05, 0.1) is 6.04 Å². The fraction of sp³-hybridized carbons (Fsp3) is 0.158. The third-order valence-corrected chi connectivity index (χ3v) is 3.66. The van der Waals surface area contributed by atoms with Crippen LogP contribution in [0.25, 0.3) is 0 Å². The lowest BCUT2D eigenvalue weighted by molar-refractivity contribution is -0.114. The lowest BCUT2D eigenvalue weighted by Gasteiger charge is -2.14. The molecule has 7 heteroatoms. The first kappa shape index (κ1) is 17.3. The van der Waals surface area contributed by atoms with Crippen LogP contribution in [0.15, 0.2) is 60.9 Å². The Kier molecular flexibility index (Phi) is 5.38. The van der Waals surface area contributed by atoms with Crippen LogP contribution in [0.5, 0.6) is 0 Å². The van der Waals surface area contributed by atoms with Crippen molar-refractivity contribution in [3.05, 3.63) is 66.5 Å². The third kappa shape index (κ3) is 4.76. The van der Waals surface area contributed by atoms with E-state index in [4.69, 9.17) is 0 Å². The van der Waals surface area contributed by atoms with Crippen molar-refractivity contribution >= 4 is 29.2 Å². The number of benzene rings is 2. The second-order valence-electron chi connectivity index (χ2n) is 5.80. The molecule has 3 aromatic rings. The van der Waals surface area contributed by atoms with Crippen LogP contribution in [0.1, 0.15) is 25.5 Å². The topological polar surface area (TPSA) is 91.8 Å². The smallest absolute Gasteiger partial charge is 0.231 e. The number of carbonyl (C=O) groups is 1. The maximum absolute atomic E-state index is 11.2. The number of rotatable bonds is 6. The van der Waals surface area contributed by atoms with Gasteiger partial charge in [0.15, 0.2) is 0 Å². The maximum atomic E-state index is 11.2. The Bertz CT molecular complexity index is 884. The largest absolute Gasteiger partial charge is 0.348 e. The molecule has 0 radical (unpaired) electrons. The Morgan fingerprint density at radius 2 is 1.69 bits per heavy atom. The summed E-state index contributed by atoms with van der Waals surface area (Å²) in [5.74, 6) is 0.781. The van der Waals surface area contributed by atoms with Crippen molar-refractivity contribution in [2.24, 2.45) is 0 Å². The molecular formula is C19H20N6O. The molecule has 0 aliphatic carbocycles. The van der Waals surface area contributed by atoms with E-state index in [9.17, 15) is 4.79 Å². The van der Waals surface area contributed by atoms with Crippen LogP contribution in [0.4, 0.5) is 23.3 Å². The van der Waals surface area contributed by atoms with E-state index in [1.54, 1.807) is 0 Å². The molecule has 0 spiro atoms. The van der Waals surface area contributed by atoms with Gasteiger partial charge < -0.3 is 16.0 Å². The molecular weight excluding hydrogens is 328 g/mol. The number of aromatic nitrogens is 3. The van der Waals surface area contributed by atoms with Gasteiger partial charge in [-0.2, -0.15) is 4.98 Å². The molecule has 0 aliphatic rings. The molecule has 0 saturated heterocycles. The zero-order chi connectivity index (χ0) is 18.4. The molecule has 3 rings (SSSR count). The maximum Gasteiger partial charge on any atom is 0.231 e. The van der Waals surface area contributed by atoms with Crippen molar-refractivity contribution in [1.82, 2.24) is 15.0 Å². The van der Waals surface area contributed by atoms with E-state index in [1.165, 1.54) is 13.3 Å². The first-order valence-electron chi connectivity index (χ1n) is 8.25. The molecule has 132 valence electrons. The molecule has 0 aliphatic heterocycles. The quantitative estimate of drug-likeness (QED) is 0.628. The van der Waals surface area contributed by atoms with E-state index in [0.717, 1.165) is 11.3 Å². The first-order valence-corrected chi connectivity index (χ1v) is 8.25. The zero-order valence-corrected chi connectivity index (χ0v) is 14.6. The van der Waals surface area contributed by atoms with Gasteiger partial charge in [-0.15, -0.1) is 0 Å². The average Bonchev–Trinajstić information content (AvgIpc) is 2.62. The molecule has 1 atom stereocenters. The number of anilines is 4. The minimum Gasteiger partial charge on any atom is -0.348 e. The summed E-state index contributed by atoms with van der Waals surface area (Å²) in [5.41, 5.74) is 2.61. The van der Waals surface area contributed by atoms with E-state index in [1.807, 2.05) is 61.5 Å². The molecule has 1 aromatic heterocycles. The van der Waals surface area contributed by atoms with Crippen molar-refractivity contribution in [2.45, 2.75) is 19.9 Å². The summed E-state index contributed by atoms with van der Waals surface area (Å²) in [7, 11) is 0. The van der Waals surface area contributed by atoms with Gasteiger partial charge in [0.25, 0.3) is 0 Å². The van der Waals surface area contributed by atoms with E-state index in [-0.39, 0.29) is 11.9 Å². The second-order valence-corrected chi connectivity index (χ2v) is 5.80. The predicted molar refractivity (Wildman–Crippen MR) is 102 cm³/mol. The number of hydrogen-bond donors (Lipinski definition) is 3. The van der Waals surface area contributed by atoms with Gasteiger partial charge in [-0.1, -0.05) is 36.4 Å². The van der Waals surface area contributed by atoms with Crippen LogP contribution in [-0.2, 0) is 4.79 Å². The summed E-state index contributed by atoms with van der Waals surface area (Å²) in [6.07, 6.45) is 1.45. The SMILES string of the molecule is CC(=O)Nc1cccc(Nc2ncnc(N[C@H](C)c3ccccc3)n2)c1. The molecule has 2 aromatic carbocycles. The molecule has 26 heavy (non-hydrogen) atoms. The number of amides is 1. The molecule has 7 nitrogen and oxygen atoms in total. The van der Waals surface area contributed by atoms with Crippen LogP contribution < -0.4 is 16.0 Å². The van der Waals surface area contributed by atoms with Crippen LogP contribution in [0, 0.1) is 0 Å². The van der Waals surface area contributed by atoms with Crippen molar-refractivity contribution in [2.75, 3.05) is 16.0 Å². The minimum atomic E-state index is -0.122. The Balaban J connectivity index is 1.70. The van der Waals surface area contributed by atoms with E-state index in [2.05, 4.69) is 30.9 Å². The Labute approximate surface area is 151 Å². The highest BCUT2D eigenvalue weighted by Gasteiger charge is 2.08. The lowest BCUT2D eigenvalue weighted by atomic mass is 10.1. The van der Waals surface area contributed by atoms with Crippen LogP contribution in [-0.4, -0.2) is 20.9 Å². The van der Waals surface area contributed by atoms with E-state index < -0.39 is 0 Å². The average molecular weight is 348 g/mol. The molecule has 1 amide bonds. The Morgan fingerprint density at radius 3 is 2.46 bits per heavy atom. The standard InChI is InChI=1S/C19H20N6O/c1-13(15-7-4-3-5-8-15)22-18-20-12-21-19(25-18)24-17-10-6-9-16(11-17)23-14(2)26/h3-13H,1-2H3,(H,23,26)(H2,20,21,22,24,25)/t13-/m1/s1. The van der Waals surface area contributed by atoms with Crippen LogP contribution >= 0.6 is 0 Å². The van der Waals surface area contributed by atoms with Crippen molar-refractivity contribution < 1.29 is 4.79 Å². The molecule has 0 bridgehead atoms. The summed E-state index contributed by atoms with van der Waals surface area (Å²) in [6, 6.07) is 17.5. The van der Waals surface area contributed by atoms with Gasteiger partial charge in [0.2, 0.25) is 17.8 Å². The number of nitrogens with zero attached hydrogens (tertiary/aromatic N) is 3. The van der Waals surface area contributed by atoms with E-state index in [0.29, 0.717) is 17.6 Å². The van der Waals surface area contributed by atoms with Gasteiger partial charge in [0.1, 0.15) is 6.33 Å². The van der Waals surface area contributed by atoms with Gasteiger partial charge >= 0.3 is 0 Å². The summed E-state index contributed by atoms with van der Waals surface area (Å²) in [6.45, 7) is 3.51. The molecule has 0 fully saturated rings. The van der Waals surface area contributed by atoms with Crippen molar-refractivity contribution in [3.8, 4) is 0 Å². The first-order chi connectivity index (χ1) is 12.6. The number of hydrogen-bond acceptors (Lipinski definition) is 6. The van der Waals surface area contributed by atoms with Gasteiger partial charge in [-0.05, 0) is 30.7 Å². The number of carbonyl (C=O) groups excluding carboxylic acids is 1. The van der Waals surface area contributed by atoms with Gasteiger partial charge in [0, 0.05) is 18.3 Å². The van der Waals surface area contributed by atoms with Crippen molar-refractivity contribution in [1.29, 1.82) is 0 Å². The summed E-state index contributed by atoms with van der Waals surface area (Å²) < 4.78 is 0. The monoisotopic (exact) mass is 348 g/mol. The third-order valence-electron chi connectivity index (χ3n) is 3.66. The lowest BCUT2D eigenvalue weighted by Crippen LogP contribution is -2.10. The Hall–Kier alpha value is -3.48. The van der Waals surface area contributed by atoms with E-state index >= 15 is 0 Å². The molecule has 1 heterocycles. The summed E-state index contributed by atoms with van der Waals surface area (Å²) in [4.78, 5) is 23.9. The Morgan fingerprint density at radius 1 is 0.962 bits per heavy atom. The molecule has 0 saturated carbocycles. The van der Waals surface area contributed by atoms with Gasteiger partial charge in [-0.25, -0.2) is 9.97 Å². The fourth-order valence-electron chi connectivity index (χ4n) is 2.45. The van der Waals surface area contributed by atoms with Crippen LogP contribution in [0.2, 0.25) is 0 Å². The van der Waals surface area contributed by atoms with Crippen molar-refractivity contribution in [3.63, 3.8) is 0 Å². The predicted octanol–water partition coefficient (Wildman–Crippen LogP) is 3.75. The molecule has 0 unspecified atom stereocenters. The summed E-state index contributed by atoms with van der Waals surface area (Å²) in [5, 5.41) is 9.12. The highest BCUT2D eigenvalue weighted by Crippen LogP contribution is 2.20. The normalized spacial score (nSPS) is 11.5. The zero-order valence-electron chi connectivity index (χ0n) is 14.6. The van der Waals surface area contributed by atoms with Crippen LogP contribution in [0.3, 0.4) is 0 Å². The highest BCUT2D eigenvalue weighted by molar-refractivity contribution is 5.89. The summed E-state index contributed by atoms with van der Waals surface area (Å²) >= 11 is 0.